The molecule has 1 aromatic carbocycles. The molecule has 1 amide bonds. The van der Waals surface area contributed by atoms with Crippen LogP contribution in [0.5, 0.6) is 0 Å². The highest BCUT2D eigenvalue weighted by atomic mass is 16.2. The second kappa shape index (κ2) is 6.01. The minimum Gasteiger partial charge on any atom is -0.337 e. The number of carbonyl (C=O) groups is 1. The maximum absolute atomic E-state index is 12.5. The molecule has 3 heteroatoms. The summed E-state index contributed by atoms with van der Waals surface area (Å²) in [5.41, 5.74) is 7.26. The maximum atomic E-state index is 12.5. The molecule has 3 nitrogen and oxygen atoms in total. The van der Waals surface area contributed by atoms with E-state index in [1.165, 1.54) is 0 Å². The van der Waals surface area contributed by atoms with Gasteiger partial charge in [-0.15, -0.1) is 0 Å². The van der Waals surface area contributed by atoms with E-state index >= 15 is 0 Å². The van der Waals surface area contributed by atoms with Crippen molar-refractivity contribution >= 4 is 5.91 Å². The molecule has 100 valence electrons. The SMILES string of the molecule is CCC(C)(C)N(C)C(=O)c1ccccc1CCN. The smallest absolute Gasteiger partial charge is 0.254 e. The molecular weight excluding hydrogens is 224 g/mol. The predicted octanol–water partition coefficient (Wildman–Crippen LogP) is 2.45. The number of hydrogen-bond acceptors (Lipinski definition) is 2. The highest BCUT2D eigenvalue weighted by molar-refractivity contribution is 5.96. The molecule has 0 radical (unpaired) electrons. The van der Waals surface area contributed by atoms with E-state index in [-0.39, 0.29) is 11.4 Å². The molecular formula is C15H24N2O. The van der Waals surface area contributed by atoms with Gasteiger partial charge in [-0.05, 0) is 44.9 Å². The lowest BCUT2D eigenvalue weighted by Gasteiger charge is -2.35. The first-order valence-corrected chi connectivity index (χ1v) is 6.50. The van der Waals surface area contributed by atoms with Crippen LogP contribution in [0.25, 0.3) is 0 Å². The predicted molar refractivity (Wildman–Crippen MR) is 75.7 cm³/mol. The van der Waals surface area contributed by atoms with Gasteiger partial charge in [0.2, 0.25) is 0 Å². The summed E-state index contributed by atoms with van der Waals surface area (Å²) in [6.07, 6.45) is 1.66. The topological polar surface area (TPSA) is 46.3 Å². The first-order chi connectivity index (χ1) is 8.44. The first kappa shape index (κ1) is 14.7. The van der Waals surface area contributed by atoms with Crippen LogP contribution in [0.3, 0.4) is 0 Å². The van der Waals surface area contributed by atoms with Gasteiger partial charge in [-0.1, -0.05) is 25.1 Å². The number of hydrogen-bond donors (Lipinski definition) is 1. The van der Waals surface area contributed by atoms with Gasteiger partial charge >= 0.3 is 0 Å². The van der Waals surface area contributed by atoms with E-state index in [0.29, 0.717) is 6.54 Å². The van der Waals surface area contributed by atoms with Gasteiger partial charge in [0.05, 0.1) is 0 Å². The molecule has 0 aromatic heterocycles. The fourth-order valence-corrected chi connectivity index (χ4v) is 1.80. The van der Waals surface area contributed by atoms with E-state index in [2.05, 4.69) is 20.8 Å². The van der Waals surface area contributed by atoms with Crippen molar-refractivity contribution in [2.24, 2.45) is 5.73 Å². The number of benzene rings is 1. The lowest BCUT2D eigenvalue weighted by atomic mass is 9.97. The summed E-state index contributed by atoms with van der Waals surface area (Å²) in [5, 5.41) is 0. The third kappa shape index (κ3) is 3.10. The zero-order chi connectivity index (χ0) is 13.8. The average Bonchev–Trinajstić information content (AvgIpc) is 2.38. The van der Waals surface area contributed by atoms with E-state index < -0.39 is 0 Å². The van der Waals surface area contributed by atoms with Crippen LogP contribution in [0.4, 0.5) is 0 Å². The second-order valence-corrected chi connectivity index (χ2v) is 5.23. The second-order valence-electron chi connectivity index (χ2n) is 5.23. The Morgan fingerprint density at radius 3 is 2.50 bits per heavy atom. The minimum absolute atomic E-state index is 0.0749. The molecule has 1 aromatic rings. The molecule has 0 heterocycles. The molecule has 0 atom stereocenters. The Morgan fingerprint density at radius 1 is 1.33 bits per heavy atom. The summed E-state index contributed by atoms with van der Waals surface area (Å²) in [5.74, 6) is 0.0749. The summed E-state index contributed by atoms with van der Waals surface area (Å²) in [4.78, 5) is 14.4. The van der Waals surface area contributed by atoms with Crippen LogP contribution < -0.4 is 5.73 Å². The van der Waals surface area contributed by atoms with Gasteiger partial charge in [-0.2, -0.15) is 0 Å². The van der Waals surface area contributed by atoms with Crippen molar-refractivity contribution < 1.29 is 4.79 Å². The third-order valence-electron chi connectivity index (χ3n) is 3.74. The van der Waals surface area contributed by atoms with Gasteiger partial charge in [0.1, 0.15) is 0 Å². The third-order valence-corrected chi connectivity index (χ3v) is 3.74. The van der Waals surface area contributed by atoms with E-state index in [1.54, 1.807) is 0 Å². The summed E-state index contributed by atoms with van der Waals surface area (Å²) in [6, 6.07) is 7.72. The van der Waals surface area contributed by atoms with Crippen LogP contribution in [0, 0.1) is 0 Å². The molecule has 0 bridgehead atoms. The van der Waals surface area contributed by atoms with E-state index in [9.17, 15) is 4.79 Å². The quantitative estimate of drug-likeness (QED) is 0.870. The number of rotatable bonds is 5. The molecule has 0 saturated carbocycles. The Balaban J connectivity index is 3.04. The van der Waals surface area contributed by atoms with Crippen LogP contribution in [0.15, 0.2) is 24.3 Å². The lowest BCUT2D eigenvalue weighted by Crippen LogP contribution is -2.44. The Kier molecular flexibility index (Phi) is 4.91. The van der Waals surface area contributed by atoms with Crippen LogP contribution >= 0.6 is 0 Å². The van der Waals surface area contributed by atoms with Gasteiger partial charge < -0.3 is 10.6 Å². The number of nitrogens with zero attached hydrogens (tertiary/aromatic N) is 1. The monoisotopic (exact) mass is 248 g/mol. The standard InChI is InChI=1S/C15H24N2O/c1-5-15(2,3)17(4)14(18)13-9-7-6-8-12(13)10-11-16/h6-9H,5,10-11,16H2,1-4H3. The van der Waals surface area contributed by atoms with Crippen molar-refractivity contribution in [2.45, 2.75) is 39.2 Å². The van der Waals surface area contributed by atoms with Gasteiger partial charge in [0.15, 0.2) is 0 Å². The molecule has 2 N–H and O–H groups in total. The van der Waals surface area contributed by atoms with Gasteiger partial charge in [-0.25, -0.2) is 0 Å². The van der Waals surface area contributed by atoms with Gasteiger partial charge in [-0.3, -0.25) is 4.79 Å². The average molecular weight is 248 g/mol. The van der Waals surface area contributed by atoms with E-state index in [4.69, 9.17) is 5.73 Å². The van der Waals surface area contributed by atoms with Crippen LogP contribution in [-0.2, 0) is 6.42 Å². The fraction of sp³-hybridized carbons (Fsp3) is 0.533. The number of nitrogens with two attached hydrogens (primary N) is 1. The summed E-state index contributed by atoms with van der Waals surface area (Å²) in [6.45, 7) is 6.81. The highest BCUT2D eigenvalue weighted by Gasteiger charge is 2.27. The van der Waals surface area contributed by atoms with Crippen molar-refractivity contribution in [1.82, 2.24) is 4.90 Å². The Labute approximate surface area is 110 Å². The van der Waals surface area contributed by atoms with E-state index in [1.807, 2.05) is 36.2 Å². The Morgan fingerprint density at radius 2 is 1.94 bits per heavy atom. The summed E-state index contributed by atoms with van der Waals surface area (Å²) >= 11 is 0. The molecule has 0 unspecified atom stereocenters. The van der Waals surface area contributed by atoms with Crippen molar-refractivity contribution in [1.29, 1.82) is 0 Å². The molecule has 1 rings (SSSR count). The molecule has 0 aliphatic carbocycles. The molecule has 0 fully saturated rings. The largest absolute Gasteiger partial charge is 0.337 e. The van der Waals surface area contributed by atoms with Crippen molar-refractivity contribution in [3.63, 3.8) is 0 Å². The Bertz CT molecular complexity index is 413. The van der Waals surface area contributed by atoms with Gasteiger partial charge in [0.25, 0.3) is 5.91 Å². The fourth-order valence-electron chi connectivity index (χ4n) is 1.80. The lowest BCUT2D eigenvalue weighted by molar-refractivity contribution is 0.0619. The Hall–Kier alpha value is -1.35. The van der Waals surface area contributed by atoms with Crippen molar-refractivity contribution in [2.75, 3.05) is 13.6 Å². The zero-order valence-electron chi connectivity index (χ0n) is 11.9. The number of carbonyl (C=O) groups excluding carboxylic acids is 1. The highest BCUT2D eigenvalue weighted by Crippen LogP contribution is 2.21. The maximum Gasteiger partial charge on any atom is 0.254 e. The van der Waals surface area contributed by atoms with Gasteiger partial charge in [0, 0.05) is 18.2 Å². The van der Waals surface area contributed by atoms with Crippen molar-refractivity contribution in [3.8, 4) is 0 Å². The van der Waals surface area contributed by atoms with Crippen LogP contribution in [0.1, 0.15) is 43.1 Å². The van der Waals surface area contributed by atoms with E-state index in [0.717, 1.165) is 24.0 Å². The molecule has 18 heavy (non-hydrogen) atoms. The van der Waals surface area contributed by atoms with Crippen LogP contribution in [-0.4, -0.2) is 29.9 Å². The van der Waals surface area contributed by atoms with Crippen molar-refractivity contribution in [3.05, 3.63) is 35.4 Å². The zero-order valence-corrected chi connectivity index (χ0v) is 11.9. The van der Waals surface area contributed by atoms with Crippen LogP contribution in [0.2, 0.25) is 0 Å². The minimum atomic E-state index is -0.132. The number of amides is 1. The molecule has 0 aliphatic rings. The first-order valence-electron chi connectivity index (χ1n) is 6.50. The summed E-state index contributed by atoms with van der Waals surface area (Å²) < 4.78 is 0. The summed E-state index contributed by atoms with van der Waals surface area (Å²) in [7, 11) is 1.87. The molecule has 0 aliphatic heterocycles. The molecule has 0 spiro atoms. The normalized spacial score (nSPS) is 11.4. The molecule has 0 saturated heterocycles.